The molecule has 0 unspecified atom stereocenters. The number of carbonyl (C=O) groups is 3. The van der Waals surface area contributed by atoms with E-state index in [1.54, 1.807) is 24.3 Å². The molecule has 10 rings (SSSR count). The summed E-state index contributed by atoms with van der Waals surface area (Å²) in [6.07, 6.45) is 5.50. The highest BCUT2D eigenvalue weighted by atomic mass is 19.2. The molecule has 3 aromatic carbocycles. The van der Waals surface area contributed by atoms with Crippen LogP contribution in [-0.2, 0) is 9.59 Å². The van der Waals surface area contributed by atoms with E-state index in [9.17, 15) is 19.5 Å². The fourth-order valence-corrected chi connectivity index (χ4v) is 11.1. The number of aromatic hydroxyl groups is 1. The highest BCUT2D eigenvalue weighted by molar-refractivity contribution is 5.85. The summed E-state index contributed by atoms with van der Waals surface area (Å²) in [5.41, 5.74) is 9.65. The van der Waals surface area contributed by atoms with E-state index in [0.29, 0.717) is 101 Å². The number of anilines is 5. The van der Waals surface area contributed by atoms with Gasteiger partial charge < -0.3 is 59.8 Å². The van der Waals surface area contributed by atoms with Crippen LogP contribution in [-0.4, -0.2) is 139 Å². The first-order valence-electron chi connectivity index (χ1n) is 23.1. The van der Waals surface area contributed by atoms with Gasteiger partial charge in [-0.3, -0.25) is 4.79 Å². The van der Waals surface area contributed by atoms with Gasteiger partial charge in [0, 0.05) is 114 Å². The van der Waals surface area contributed by atoms with Gasteiger partial charge in [-0.1, -0.05) is 18.2 Å². The number of hydrogen-bond acceptors (Lipinski definition) is 13. The van der Waals surface area contributed by atoms with Crippen molar-refractivity contribution in [3.8, 4) is 28.5 Å². The number of nitrogens with one attached hydrogen (secondary N) is 1. The fourth-order valence-electron chi connectivity index (χ4n) is 11.1. The van der Waals surface area contributed by atoms with Gasteiger partial charge in [-0.25, -0.2) is 9.18 Å². The number of phenols is 1. The summed E-state index contributed by atoms with van der Waals surface area (Å²) in [6.45, 7) is 4.67. The summed E-state index contributed by atoms with van der Waals surface area (Å²) in [5.74, 6) is -1.05. The van der Waals surface area contributed by atoms with Gasteiger partial charge in [-0.15, -0.1) is 10.2 Å². The monoisotopic (exact) mass is 906 g/mol. The maximum absolute atomic E-state index is 15.4. The zero-order chi connectivity index (χ0) is 45.7. The predicted molar refractivity (Wildman–Crippen MR) is 245 cm³/mol. The van der Waals surface area contributed by atoms with Crippen LogP contribution in [0.5, 0.6) is 17.2 Å². The molecule has 18 heteroatoms. The minimum absolute atomic E-state index is 0.000606. The number of carbonyl (C=O) groups excluding carboxylic acids is 3. The van der Waals surface area contributed by atoms with Crippen LogP contribution in [0.1, 0.15) is 51.4 Å². The Hall–Kier alpha value is -6.59. The lowest BCUT2D eigenvalue weighted by Crippen LogP contribution is -2.62. The van der Waals surface area contributed by atoms with Gasteiger partial charge in [0.05, 0.1) is 29.3 Å². The molecule has 0 aliphatic carbocycles. The number of urea groups is 1. The zero-order valence-corrected chi connectivity index (χ0v) is 37.1. The number of amides is 3. The standard InChI is InChI=1S/C48H56F2N10O6/c1-55(30-12-17-56(18-13-30)38-6-4-7-39-45(38)65-22-21-59(39)48(29-61)16-11-43(63)52-28-48)47(64)57-19-14-34(15-20-57)66-42-24-33(23-36(49)44(42)50)60-31-9-10-32(60)27-58(26-31)40-25-37(53-54-46(40)51)35-5-2-3-8-41(35)62/h2-8,23-25,29-32,34,62H,9-22,26-28H2,1H3,(H2,51,54)(H,52,63)/t31-,32+,48-/m1/s1. The summed E-state index contributed by atoms with van der Waals surface area (Å²) >= 11 is 0. The van der Waals surface area contributed by atoms with Gasteiger partial charge in [0.1, 0.15) is 30.3 Å². The summed E-state index contributed by atoms with van der Waals surface area (Å²) in [7, 11) is 1.85. The molecule has 16 nitrogen and oxygen atoms in total. The maximum Gasteiger partial charge on any atom is 0.319 e. The number of nitrogen functional groups attached to an aromatic ring is 1. The SMILES string of the molecule is CN(C(=O)N1CCC(Oc2cc(N3[C@@H]4CC[C@H]3CN(c3cc(-c5ccccc5O)nnc3N)C4)cc(F)c2F)CC1)C1CCN(c2cccc3c2OCCN3[C@]2(C=O)CCC(=O)NC2)CC1. The smallest absolute Gasteiger partial charge is 0.319 e. The van der Waals surface area contributed by atoms with Crippen LogP contribution in [0.15, 0.2) is 60.7 Å². The van der Waals surface area contributed by atoms with E-state index in [1.165, 1.54) is 6.07 Å². The second-order valence-corrected chi connectivity index (χ2v) is 18.5. The summed E-state index contributed by atoms with van der Waals surface area (Å²) < 4.78 is 43.3. The van der Waals surface area contributed by atoms with Gasteiger partial charge in [0.2, 0.25) is 11.7 Å². The first-order valence-corrected chi connectivity index (χ1v) is 23.1. The van der Waals surface area contributed by atoms with Crippen molar-refractivity contribution < 1.29 is 37.7 Å². The third-order valence-corrected chi connectivity index (χ3v) is 14.7. The Bertz CT molecular complexity index is 2480. The molecule has 2 bridgehead atoms. The van der Waals surface area contributed by atoms with E-state index >= 15 is 8.78 Å². The minimum Gasteiger partial charge on any atom is -0.507 e. The molecule has 0 spiro atoms. The van der Waals surface area contributed by atoms with Crippen molar-refractivity contribution in [2.24, 2.45) is 0 Å². The third kappa shape index (κ3) is 7.97. The summed E-state index contributed by atoms with van der Waals surface area (Å²) in [6, 6.07) is 17.6. The first kappa shape index (κ1) is 43.3. The Morgan fingerprint density at radius 3 is 2.38 bits per heavy atom. The number of likely N-dealkylation sites (tertiary alicyclic amines) is 1. The van der Waals surface area contributed by atoms with Crippen LogP contribution in [0.2, 0.25) is 0 Å². The van der Waals surface area contributed by atoms with E-state index in [1.807, 2.05) is 47.2 Å². The molecule has 5 saturated heterocycles. The minimum atomic E-state index is -1.02. The maximum atomic E-state index is 15.4. The Kier molecular flexibility index (Phi) is 11.6. The second kappa shape index (κ2) is 17.7. The predicted octanol–water partition coefficient (Wildman–Crippen LogP) is 5.18. The van der Waals surface area contributed by atoms with Gasteiger partial charge in [0.25, 0.3) is 0 Å². The van der Waals surface area contributed by atoms with Crippen molar-refractivity contribution >= 4 is 46.8 Å². The van der Waals surface area contributed by atoms with Crippen LogP contribution in [0.4, 0.5) is 42.1 Å². The Labute approximate surface area is 382 Å². The van der Waals surface area contributed by atoms with Gasteiger partial charge in [-0.2, -0.15) is 4.39 Å². The van der Waals surface area contributed by atoms with Crippen molar-refractivity contribution in [2.45, 2.75) is 81.1 Å². The number of piperazine rings is 1. The normalized spacial score (nSPS) is 23.6. The molecule has 4 aromatic rings. The Morgan fingerprint density at radius 1 is 0.924 bits per heavy atom. The molecule has 1 aromatic heterocycles. The highest BCUT2D eigenvalue weighted by Gasteiger charge is 2.44. The second-order valence-electron chi connectivity index (χ2n) is 18.5. The number of aromatic nitrogens is 2. The molecule has 0 radical (unpaired) electrons. The number of para-hydroxylation sites is 2. The first-order chi connectivity index (χ1) is 32.0. The number of nitrogens with two attached hydrogens (primary N) is 1. The molecule has 348 valence electrons. The topological polar surface area (TPSA) is 173 Å². The van der Waals surface area contributed by atoms with E-state index in [0.717, 1.165) is 49.1 Å². The van der Waals surface area contributed by atoms with Crippen LogP contribution in [0, 0.1) is 11.6 Å². The summed E-state index contributed by atoms with van der Waals surface area (Å²) in [4.78, 5) is 50.7. The van der Waals surface area contributed by atoms with Gasteiger partial charge >= 0.3 is 6.03 Å². The number of halogens is 2. The number of hydrogen-bond donors (Lipinski definition) is 3. The molecular formula is C48H56F2N10O6. The zero-order valence-electron chi connectivity index (χ0n) is 37.1. The number of rotatable bonds is 9. The largest absolute Gasteiger partial charge is 0.507 e. The van der Waals surface area contributed by atoms with Crippen LogP contribution in [0.3, 0.4) is 0 Å². The van der Waals surface area contributed by atoms with Crippen molar-refractivity contribution in [1.82, 2.24) is 25.3 Å². The van der Waals surface area contributed by atoms with Gasteiger partial charge in [-0.05, 0) is 62.4 Å². The lowest BCUT2D eigenvalue weighted by molar-refractivity contribution is -0.124. The molecule has 0 saturated carbocycles. The molecule has 3 amide bonds. The molecule has 7 heterocycles. The Balaban J connectivity index is 0.739. The molecule has 5 fully saturated rings. The van der Waals surface area contributed by atoms with Crippen LogP contribution in [0.25, 0.3) is 11.3 Å². The lowest BCUT2D eigenvalue weighted by Gasteiger charge is -2.47. The molecule has 6 aliphatic rings. The highest BCUT2D eigenvalue weighted by Crippen LogP contribution is 2.45. The quantitative estimate of drug-likeness (QED) is 0.188. The molecule has 4 N–H and O–H groups in total. The number of nitrogens with zero attached hydrogens (tertiary/aromatic N) is 8. The number of aldehydes is 1. The average molecular weight is 907 g/mol. The average Bonchev–Trinajstić information content (AvgIpc) is 3.61. The number of ether oxygens (including phenoxy) is 2. The van der Waals surface area contributed by atoms with Crippen molar-refractivity contribution in [3.05, 3.63) is 72.3 Å². The molecule has 3 atom stereocenters. The van der Waals surface area contributed by atoms with E-state index in [-0.39, 0.29) is 53.9 Å². The molecule has 6 aliphatic heterocycles. The van der Waals surface area contributed by atoms with Crippen LogP contribution < -0.4 is 40.1 Å². The van der Waals surface area contributed by atoms with E-state index < -0.39 is 23.3 Å². The Morgan fingerprint density at radius 2 is 1.67 bits per heavy atom. The summed E-state index contributed by atoms with van der Waals surface area (Å²) in [5, 5.41) is 21.7. The van der Waals surface area contributed by atoms with Crippen LogP contribution >= 0.6 is 0 Å². The lowest BCUT2D eigenvalue weighted by atomic mass is 9.88. The molecular weight excluding hydrogens is 851 g/mol. The van der Waals surface area contributed by atoms with Crippen molar-refractivity contribution in [3.63, 3.8) is 0 Å². The number of fused-ring (bicyclic) bond motifs is 3. The van der Waals surface area contributed by atoms with Gasteiger partial charge in [0.15, 0.2) is 23.1 Å². The van der Waals surface area contributed by atoms with E-state index in [2.05, 4.69) is 35.1 Å². The third-order valence-electron chi connectivity index (χ3n) is 14.7. The van der Waals surface area contributed by atoms with Crippen molar-refractivity contribution in [2.75, 3.05) is 91.3 Å². The fraction of sp³-hybridized carbons (Fsp3) is 0.479. The molecule has 66 heavy (non-hydrogen) atoms. The van der Waals surface area contributed by atoms with Crippen molar-refractivity contribution in [1.29, 1.82) is 0 Å². The number of phenolic OH excluding ortho intramolecular Hbond substituents is 1. The number of benzene rings is 3. The number of piperidine rings is 3. The van der Waals surface area contributed by atoms with E-state index in [4.69, 9.17) is 15.2 Å².